The summed E-state index contributed by atoms with van der Waals surface area (Å²) < 4.78 is 2.45. The summed E-state index contributed by atoms with van der Waals surface area (Å²) >= 11 is 0. The molecule has 0 spiro atoms. The number of amides is 1. The number of hydrogen-bond acceptors (Lipinski definition) is 8. The van der Waals surface area contributed by atoms with E-state index in [0.29, 0.717) is 6.54 Å². The van der Waals surface area contributed by atoms with Crippen LogP contribution in [0, 0.1) is 34.1 Å². The highest BCUT2D eigenvalue weighted by atomic mass is 16.6. The summed E-state index contributed by atoms with van der Waals surface area (Å²) in [4.78, 5) is 36.3. The van der Waals surface area contributed by atoms with Gasteiger partial charge in [-0.05, 0) is 29.9 Å². The number of carbonyl (C=O) groups excluding carboxylic acids is 1. The van der Waals surface area contributed by atoms with Crippen LogP contribution in [0.4, 0.5) is 17.5 Å². The Morgan fingerprint density at radius 1 is 1.14 bits per heavy atom. The molecule has 2 aromatic heterocycles. The lowest BCUT2D eigenvalue weighted by atomic mass is 10.1. The third kappa shape index (κ3) is 4.23. The molecule has 13 heteroatoms. The second kappa shape index (κ2) is 7.84. The predicted molar refractivity (Wildman–Crippen MR) is 99.2 cm³/mol. The highest BCUT2D eigenvalue weighted by molar-refractivity contribution is 5.88. The van der Waals surface area contributed by atoms with Gasteiger partial charge in [-0.2, -0.15) is 4.68 Å². The Balaban J connectivity index is 1.70. The van der Waals surface area contributed by atoms with Crippen molar-refractivity contribution >= 4 is 23.4 Å². The first kappa shape index (κ1) is 19.6. The second-order valence-electron chi connectivity index (χ2n) is 6.17. The maximum absolute atomic E-state index is 12.2. The lowest BCUT2D eigenvalue weighted by Crippen LogP contribution is -2.21. The minimum Gasteiger partial charge on any atom is -0.358 e. The zero-order valence-corrected chi connectivity index (χ0v) is 15.5. The SMILES string of the molecule is Cc1ccccc1Cn1cnc(NC(=O)Cn2nc([N+](=O)[O-])c([N+](=O)[O-])c2C)n1. The summed E-state index contributed by atoms with van der Waals surface area (Å²) in [5, 5.41) is 32.1. The number of nitro groups is 2. The fourth-order valence-electron chi connectivity index (χ4n) is 2.70. The smallest absolute Gasteiger partial charge is 0.358 e. The topological polar surface area (TPSA) is 164 Å². The van der Waals surface area contributed by atoms with Crippen molar-refractivity contribution < 1.29 is 14.6 Å². The Morgan fingerprint density at radius 3 is 2.48 bits per heavy atom. The number of aromatic nitrogens is 5. The van der Waals surface area contributed by atoms with Gasteiger partial charge in [-0.1, -0.05) is 24.3 Å². The summed E-state index contributed by atoms with van der Waals surface area (Å²) in [6.45, 7) is 3.25. The van der Waals surface area contributed by atoms with Gasteiger partial charge >= 0.3 is 11.5 Å². The van der Waals surface area contributed by atoms with Crippen LogP contribution >= 0.6 is 0 Å². The van der Waals surface area contributed by atoms with Gasteiger partial charge in [0.2, 0.25) is 5.95 Å². The summed E-state index contributed by atoms with van der Waals surface area (Å²) in [5.41, 5.74) is 1.28. The molecule has 150 valence electrons. The Morgan fingerprint density at radius 2 is 1.86 bits per heavy atom. The first-order valence-electron chi connectivity index (χ1n) is 8.36. The van der Waals surface area contributed by atoms with Crippen LogP contribution in [0.15, 0.2) is 30.6 Å². The predicted octanol–water partition coefficient (Wildman–Crippen LogP) is 1.59. The van der Waals surface area contributed by atoms with Gasteiger partial charge in [0.05, 0.1) is 16.6 Å². The van der Waals surface area contributed by atoms with Gasteiger partial charge in [-0.3, -0.25) is 20.2 Å². The second-order valence-corrected chi connectivity index (χ2v) is 6.17. The van der Waals surface area contributed by atoms with E-state index in [1.165, 1.54) is 13.3 Å². The van der Waals surface area contributed by atoms with E-state index < -0.39 is 33.8 Å². The van der Waals surface area contributed by atoms with Crippen LogP contribution in [0.2, 0.25) is 0 Å². The number of anilines is 1. The molecule has 0 unspecified atom stereocenters. The monoisotopic (exact) mass is 400 g/mol. The highest BCUT2D eigenvalue weighted by Gasteiger charge is 2.35. The summed E-state index contributed by atoms with van der Waals surface area (Å²) in [6.07, 6.45) is 1.46. The van der Waals surface area contributed by atoms with Gasteiger partial charge in [0.1, 0.15) is 18.6 Å². The van der Waals surface area contributed by atoms with Crippen molar-refractivity contribution in [2.75, 3.05) is 5.32 Å². The first-order valence-corrected chi connectivity index (χ1v) is 8.36. The molecule has 0 saturated carbocycles. The number of benzene rings is 1. The molecule has 0 atom stereocenters. The highest BCUT2D eigenvalue weighted by Crippen LogP contribution is 2.29. The molecule has 3 aromatic rings. The van der Waals surface area contributed by atoms with Crippen molar-refractivity contribution in [2.45, 2.75) is 26.9 Å². The standard InChI is InChI=1S/C16H16N8O5/c1-10-5-3-4-6-12(10)7-21-9-17-16(20-21)18-13(25)8-22-11(2)14(23(26)27)15(19-22)24(28)29/h3-6,9H,7-8H2,1-2H3,(H,18,20,25). The molecule has 0 radical (unpaired) electrons. The molecule has 0 aliphatic carbocycles. The van der Waals surface area contributed by atoms with Crippen molar-refractivity contribution in [3.63, 3.8) is 0 Å². The Bertz CT molecular complexity index is 1100. The van der Waals surface area contributed by atoms with Crippen LogP contribution in [0.5, 0.6) is 0 Å². The number of rotatable bonds is 7. The lowest BCUT2D eigenvalue weighted by Gasteiger charge is -2.04. The van der Waals surface area contributed by atoms with E-state index in [1.54, 1.807) is 4.68 Å². The van der Waals surface area contributed by atoms with Gasteiger partial charge in [0, 0.05) is 0 Å². The van der Waals surface area contributed by atoms with Crippen LogP contribution in [-0.4, -0.2) is 40.3 Å². The molecule has 1 N–H and O–H groups in total. The third-order valence-electron chi connectivity index (χ3n) is 4.19. The number of nitrogens with zero attached hydrogens (tertiary/aromatic N) is 7. The van der Waals surface area contributed by atoms with Crippen molar-refractivity contribution in [3.05, 3.63) is 67.6 Å². The lowest BCUT2D eigenvalue weighted by molar-refractivity contribution is -0.424. The van der Waals surface area contributed by atoms with Gasteiger partial charge in [-0.15, -0.1) is 5.10 Å². The van der Waals surface area contributed by atoms with Gasteiger partial charge in [0.25, 0.3) is 5.91 Å². The molecule has 13 nitrogen and oxygen atoms in total. The van der Waals surface area contributed by atoms with E-state index in [9.17, 15) is 25.0 Å². The largest absolute Gasteiger partial charge is 0.468 e. The Hall–Kier alpha value is -4.16. The maximum Gasteiger partial charge on any atom is 0.468 e. The van der Waals surface area contributed by atoms with E-state index in [2.05, 4.69) is 20.5 Å². The van der Waals surface area contributed by atoms with E-state index >= 15 is 0 Å². The summed E-state index contributed by atoms with van der Waals surface area (Å²) in [5.74, 6) is -1.51. The molecule has 0 aliphatic heterocycles. The molecular formula is C16H16N8O5. The van der Waals surface area contributed by atoms with Crippen molar-refractivity contribution in [2.24, 2.45) is 0 Å². The number of hydrogen-bond donors (Lipinski definition) is 1. The molecule has 0 aliphatic rings. The van der Waals surface area contributed by atoms with Crippen LogP contribution in [0.1, 0.15) is 16.8 Å². The minimum atomic E-state index is -0.964. The molecule has 29 heavy (non-hydrogen) atoms. The third-order valence-corrected chi connectivity index (χ3v) is 4.19. The van der Waals surface area contributed by atoms with E-state index in [0.717, 1.165) is 15.8 Å². The average Bonchev–Trinajstić information content (AvgIpc) is 3.21. The van der Waals surface area contributed by atoms with Crippen molar-refractivity contribution in [3.8, 4) is 0 Å². The van der Waals surface area contributed by atoms with Crippen molar-refractivity contribution in [1.29, 1.82) is 0 Å². The van der Waals surface area contributed by atoms with E-state index in [4.69, 9.17) is 0 Å². The number of aryl methyl sites for hydroxylation is 1. The molecule has 3 rings (SSSR count). The zero-order valence-electron chi connectivity index (χ0n) is 15.5. The number of nitrogens with one attached hydrogen (secondary N) is 1. The Labute approximate surface area is 163 Å². The maximum atomic E-state index is 12.2. The molecule has 1 amide bonds. The summed E-state index contributed by atoms with van der Waals surface area (Å²) in [6, 6.07) is 7.76. The molecular weight excluding hydrogens is 384 g/mol. The molecule has 0 saturated heterocycles. The zero-order chi connectivity index (χ0) is 21.1. The van der Waals surface area contributed by atoms with Crippen LogP contribution < -0.4 is 5.32 Å². The Kier molecular flexibility index (Phi) is 5.29. The molecule has 0 bridgehead atoms. The molecule has 0 fully saturated rings. The molecule has 2 heterocycles. The van der Waals surface area contributed by atoms with Gasteiger partial charge in [-0.25, -0.2) is 9.67 Å². The van der Waals surface area contributed by atoms with Gasteiger partial charge < -0.3 is 10.1 Å². The summed E-state index contributed by atoms with van der Waals surface area (Å²) in [7, 11) is 0. The number of carbonyl (C=O) groups is 1. The molecule has 1 aromatic carbocycles. The fourth-order valence-corrected chi connectivity index (χ4v) is 2.70. The average molecular weight is 400 g/mol. The first-order chi connectivity index (χ1) is 13.8. The fraction of sp³-hybridized carbons (Fsp3) is 0.250. The van der Waals surface area contributed by atoms with Crippen molar-refractivity contribution in [1.82, 2.24) is 24.5 Å². The van der Waals surface area contributed by atoms with Crippen LogP contribution in [0.25, 0.3) is 0 Å². The van der Waals surface area contributed by atoms with Crippen LogP contribution in [-0.2, 0) is 17.9 Å². The minimum absolute atomic E-state index is 0.0393. The van der Waals surface area contributed by atoms with E-state index in [1.807, 2.05) is 31.2 Å². The van der Waals surface area contributed by atoms with Gasteiger partial charge in [0.15, 0.2) is 0 Å². The van der Waals surface area contributed by atoms with E-state index in [-0.39, 0.29) is 11.6 Å². The van der Waals surface area contributed by atoms with Crippen LogP contribution in [0.3, 0.4) is 0 Å². The quantitative estimate of drug-likeness (QED) is 0.461. The normalized spacial score (nSPS) is 10.7.